The van der Waals surface area contributed by atoms with E-state index in [-0.39, 0.29) is 12.7 Å². The molecule has 0 radical (unpaired) electrons. The predicted molar refractivity (Wildman–Crippen MR) is 92.2 cm³/mol. The fourth-order valence-electron chi connectivity index (χ4n) is 2.82. The summed E-state index contributed by atoms with van der Waals surface area (Å²) in [6, 6.07) is 17.2. The minimum atomic E-state index is -0.290. The molecule has 5 nitrogen and oxygen atoms in total. The van der Waals surface area contributed by atoms with Crippen molar-refractivity contribution in [3.05, 3.63) is 65.7 Å². The smallest absolute Gasteiger partial charge is 0.410 e. The molecule has 1 aliphatic heterocycles. The van der Waals surface area contributed by atoms with Gasteiger partial charge in [-0.1, -0.05) is 42.5 Å². The molecular formula is C19H20N2O3. The number of amides is 1. The van der Waals surface area contributed by atoms with Gasteiger partial charge >= 0.3 is 6.09 Å². The van der Waals surface area contributed by atoms with Crippen molar-refractivity contribution in [2.45, 2.75) is 6.61 Å². The molecule has 1 saturated heterocycles. The zero-order chi connectivity index (χ0) is 16.8. The van der Waals surface area contributed by atoms with Crippen LogP contribution in [0.1, 0.15) is 15.9 Å². The number of aldehydes is 1. The van der Waals surface area contributed by atoms with Crippen LogP contribution in [0.4, 0.5) is 10.5 Å². The van der Waals surface area contributed by atoms with E-state index in [1.54, 1.807) is 4.90 Å². The largest absolute Gasteiger partial charge is 0.445 e. The Kier molecular flexibility index (Phi) is 5.11. The molecule has 1 aliphatic rings. The standard InChI is InChI=1S/C19H20N2O3/c22-14-17-8-4-5-9-18(17)20-10-12-21(13-11-20)19(23)24-15-16-6-2-1-3-7-16/h1-9,14H,10-13,15H2. The van der Waals surface area contributed by atoms with Gasteiger partial charge in [0.2, 0.25) is 0 Å². The minimum absolute atomic E-state index is 0.286. The van der Waals surface area contributed by atoms with Crippen LogP contribution in [0.15, 0.2) is 54.6 Å². The number of ether oxygens (including phenoxy) is 1. The number of rotatable bonds is 4. The fourth-order valence-corrected chi connectivity index (χ4v) is 2.82. The van der Waals surface area contributed by atoms with Gasteiger partial charge in [0.15, 0.2) is 6.29 Å². The Morgan fingerprint density at radius 2 is 1.62 bits per heavy atom. The monoisotopic (exact) mass is 324 g/mol. The number of carbonyl (C=O) groups excluding carboxylic acids is 2. The van der Waals surface area contributed by atoms with Crippen LogP contribution < -0.4 is 4.90 Å². The molecule has 0 saturated carbocycles. The van der Waals surface area contributed by atoms with E-state index < -0.39 is 0 Å². The first-order chi connectivity index (χ1) is 11.8. The molecule has 1 heterocycles. The summed E-state index contributed by atoms with van der Waals surface area (Å²) < 4.78 is 5.37. The molecule has 0 aromatic heterocycles. The van der Waals surface area contributed by atoms with Crippen molar-refractivity contribution in [1.82, 2.24) is 4.90 Å². The molecular weight excluding hydrogens is 304 g/mol. The van der Waals surface area contributed by atoms with Crippen molar-refractivity contribution < 1.29 is 14.3 Å². The van der Waals surface area contributed by atoms with Crippen molar-refractivity contribution >= 4 is 18.1 Å². The number of hydrogen-bond acceptors (Lipinski definition) is 4. The van der Waals surface area contributed by atoms with E-state index in [0.717, 1.165) is 17.5 Å². The van der Waals surface area contributed by atoms with Gasteiger partial charge in [0.05, 0.1) is 0 Å². The highest BCUT2D eigenvalue weighted by Crippen LogP contribution is 2.20. The molecule has 1 amide bonds. The van der Waals surface area contributed by atoms with Crippen molar-refractivity contribution in [2.75, 3.05) is 31.1 Å². The van der Waals surface area contributed by atoms with E-state index in [0.29, 0.717) is 31.7 Å². The van der Waals surface area contributed by atoms with Crippen LogP contribution in [0.2, 0.25) is 0 Å². The average Bonchev–Trinajstić information content (AvgIpc) is 2.67. The number of anilines is 1. The van der Waals surface area contributed by atoms with Crippen LogP contribution >= 0.6 is 0 Å². The van der Waals surface area contributed by atoms with Crippen molar-refractivity contribution in [3.63, 3.8) is 0 Å². The number of para-hydroxylation sites is 1. The van der Waals surface area contributed by atoms with Gasteiger partial charge in [-0.05, 0) is 17.7 Å². The van der Waals surface area contributed by atoms with Crippen LogP contribution in [-0.4, -0.2) is 43.5 Å². The maximum absolute atomic E-state index is 12.2. The normalized spacial score (nSPS) is 14.3. The molecule has 0 N–H and O–H groups in total. The van der Waals surface area contributed by atoms with Gasteiger partial charge in [-0.3, -0.25) is 4.79 Å². The molecule has 2 aromatic carbocycles. The Bertz CT molecular complexity index is 695. The Morgan fingerprint density at radius 1 is 0.958 bits per heavy atom. The molecule has 0 spiro atoms. The molecule has 0 bridgehead atoms. The molecule has 2 aromatic rings. The second kappa shape index (κ2) is 7.64. The van der Waals surface area contributed by atoms with Crippen LogP contribution in [0.5, 0.6) is 0 Å². The van der Waals surface area contributed by atoms with E-state index in [1.807, 2.05) is 54.6 Å². The summed E-state index contributed by atoms with van der Waals surface area (Å²) in [5.41, 5.74) is 2.58. The number of hydrogen-bond donors (Lipinski definition) is 0. The lowest BCUT2D eigenvalue weighted by Gasteiger charge is -2.36. The van der Waals surface area contributed by atoms with Gasteiger partial charge < -0.3 is 14.5 Å². The molecule has 0 atom stereocenters. The van der Waals surface area contributed by atoms with E-state index in [4.69, 9.17) is 4.74 Å². The van der Waals surface area contributed by atoms with Crippen LogP contribution in [0.25, 0.3) is 0 Å². The summed E-state index contributed by atoms with van der Waals surface area (Å²) in [7, 11) is 0. The van der Waals surface area contributed by atoms with Gasteiger partial charge in [0, 0.05) is 37.4 Å². The number of carbonyl (C=O) groups is 2. The molecule has 0 unspecified atom stereocenters. The van der Waals surface area contributed by atoms with Crippen molar-refractivity contribution in [3.8, 4) is 0 Å². The summed E-state index contributed by atoms with van der Waals surface area (Å²) in [6.07, 6.45) is 0.581. The molecule has 24 heavy (non-hydrogen) atoms. The molecule has 124 valence electrons. The Hall–Kier alpha value is -2.82. The van der Waals surface area contributed by atoms with Crippen LogP contribution in [-0.2, 0) is 11.3 Å². The SMILES string of the molecule is O=Cc1ccccc1N1CCN(C(=O)OCc2ccccc2)CC1. The highest BCUT2D eigenvalue weighted by Gasteiger charge is 2.23. The third kappa shape index (κ3) is 3.74. The zero-order valence-corrected chi connectivity index (χ0v) is 13.4. The number of piperazine rings is 1. The first-order valence-electron chi connectivity index (χ1n) is 8.03. The topological polar surface area (TPSA) is 49.9 Å². The van der Waals surface area contributed by atoms with Crippen molar-refractivity contribution in [1.29, 1.82) is 0 Å². The highest BCUT2D eigenvalue weighted by atomic mass is 16.6. The summed E-state index contributed by atoms with van der Waals surface area (Å²) in [6.45, 7) is 2.83. The molecule has 3 rings (SSSR count). The first kappa shape index (κ1) is 16.1. The van der Waals surface area contributed by atoms with Gasteiger partial charge in [-0.2, -0.15) is 0 Å². The quantitative estimate of drug-likeness (QED) is 0.811. The minimum Gasteiger partial charge on any atom is -0.445 e. The highest BCUT2D eigenvalue weighted by molar-refractivity contribution is 5.84. The first-order valence-corrected chi connectivity index (χ1v) is 8.03. The lowest BCUT2D eigenvalue weighted by Crippen LogP contribution is -2.49. The van der Waals surface area contributed by atoms with Gasteiger partial charge in [0.1, 0.15) is 6.61 Å². The number of nitrogens with zero attached hydrogens (tertiary/aromatic N) is 2. The van der Waals surface area contributed by atoms with Crippen LogP contribution in [0.3, 0.4) is 0 Å². The molecule has 5 heteroatoms. The lowest BCUT2D eigenvalue weighted by atomic mass is 10.1. The third-order valence-electron chi connectivity index (χ3n) is 4.15. The summed E-state index contributed by atoms with van der Waals surface area (Å²) in [5, 5.41) is 0. The number of benzene rings is 2. The van der Waals surface area contributed by atoms with Crippen molar-refractivity contribution in [2.24, 2.45) is 0 Å². The second-order valence-corrected chi connectivity index (χ2v) is 5.69. The summed E-state index contributed by atoms with van der Waals surface area (Å²) in [5.74, 6) is 0. The summed E-state index contributed by atoms with van der Waals surface area (Å²) in [4.78, 5) is 27.2. The Balaban J connectivity index is 1.53. The second-order valence-electron chi connectivity index (χ2n) is 5.69. The van der Waals surface area contributed by atoms with Gasteiger partial charge in [-0.15, -0.1) is 0 Å². The molecule has 1 fully saturated rings. The van der Waals surface area contributed by atoms with E-state index in [2.05, 4.69) is 4.90 Å². The molecule has 0 aliphatic carbocycles. The Morgan fingerprint density at radius 3 is 2.33 bits per heavy atom. The van der Waals surface area contributed by atoms with E-state index in [9.17, 15) is 9.59 Å². The average molecular weight is 324 g/mol. The van der Waals surface area contributed by atoms with Crippen LogP contribution in [0, 0.1) is 0 Å². The lowest BCUT2D eigenvalue weighted by molar-refractivity contribution is 0.0941. The predicted octanol–water partition coefficient (Wildman–Crippen LogP) is 2.96. The zero-order valence-electron chi connectivity index (χ0n) is 13.4. The third-order valence-corrected chi connectivity index (χ3v) is 4.15. The van der Waals surface area contributed by atoms with Gasteiger partial charge in [0.25, 0.3) is 0 Å². The van der Waals surface area contributed by atoms with E-state index in [1.165, 1.54) is 0 Å². The van der Waals surface area contributed by atoms with Gasteiger partial charge in [-0.25, -0.2) is 4.79 Å². The maximum atomic E-state index is 12.2. The fraction of sp³-hybridized carbons (Fsp3) is 0.263. The maximum Gasteiger partial charge on any atom is 0.410 e. The van der Waals surface area contributed by atoms with E-state index >= 15 is 0 Å². The summed E-state index contributed by atoms with van der Waals surface area (Å²) >= 11 is 0. The Labute approximate surface area is 141 Å².